The van der Waals surface area contributed by atoms with Gasteiger partial charge in [-0.15, -0.1) is 0 Å². The number of benzene rings is 1. The van der Waals surface area contributed by atoms with Gasteiger partial charge in [0, 0.05) is 18.3 Å². The first kappa shape index (κ1) is 23.3. The van der Waals surface area contributed by atoms with Crippen molar-refractivity contribution in [2.75, 3.05) is 6.54 Å². The summed E-state index contributed by atoms with van der Waals surface area (Å²) in [4.78, 5) is 27.7. The number of likely N-dealkylation sites (tertiary alicyclic amines) is 1. The molecule has 2 aromatic rings. The van der Waals surface area contributed by atoms with Gasteiger partial charge in [0.15, 0.2) is 0 Å². The number of aliphatic carboxylic acids is 1. The molecular formula is C18H18F3N3O5S. The molecular weight excluding hydrogens is 427 g/mol. The average molecular weight is 445 g/mol. The largest absolute Gasteiger partial charge is 0.490 e. The minimum absolute atomic E-state index is 0.00301. The first-order valence-electron chi connectivity index (χ1n) is 8.56. The number of carboxylic acid groups (broad SMARTS) is 1. The van der Waals surface area contributed by atoms with E-state index in [9.17, 15) is 26.4 Å². The summed E-state index contributed by atoms with van der Waals surface area (Å²) in [5, 5.41) is 12.2. The second kappa shape index (κ2) is 9.22. The van der Waals surface area contributed by atoms with Crippen molar-refractivity contribution in [2.24, 2.45) is 5.14 Å². The molecule has 0 bridgehead atoms. The Kier molecular flexibility index (Phi) is 7.16. The number of primary sulfonamides is 1. The molecule has 3 N–H and O–H groups in total. The van der Waals surface area contributed by atoms with Gasteiger partial charge in [-0.25, -0.2) is 18.4 Å². The van der Waals surface area contributed by atoms with Crippen molar-refractivity contribution in [3.8, 4) is 0 Å². The molecule has 0 spiro atoms. The van der Waals surface area contributed by atoms with Crippen LogP contribution in [0, 0.1) is 0 Å². The molecule has 1 aliphatic heterocycles. The third-order valence-corrected chi connectivity index (χ3v) is 5.14. The van der Waals surface area contributed by atoms with Gasteiger partial charge in [0.1, 0.15) is 0 Å². The number of carboxylic acids is 1. The fourth-order valence-electron chi connectivity index (χ4n) is 2.84. The van der Waals surface area contributed by atoms with Crippen LogP contribution in [0.15, 0.2) is 53.6 Å². The van der Waals surface area contributed by atoms with Crippen LogP contribution in [0.2, 0.25) is 0 Å². The number of carbonyl (C=O) groups is 2. The Bertz CT molecular complexity index is 996. The number of carbonyl (C=O) groups excluding carboxylic acids is 1. The minimum atomic E-state index is -5.08. The van der Waals surface area contributed by atoms with Crippen LogP contribution in [0.5, 0.6) is 0 Å². The average Bonchev–Trinajstić information content (AvgIpc) is 3.17. The zero-order chi connectivity index (χ0) is 22.5. The maximum absolute atomic E-state index is 12.7. The Morgan fingerprint density at radius 3 is 2.20 bits per heavy atom. The first-order chi connectivity index (χ1) is 13.9. The van der Waals surface area contributed by atoms with Gasteiger partial charge in [-0.3, -0.25) is 9.78 Å². The predicted octanol–water partition coefficient (Wildman–Crippen LogP) is 2.34. The van der Waals surface area contributed by atoms with Crippen LogP contribution in [-0.4, -0.2) is 48.0 Å². The molecule has 0 saturated carbocycles. The number of halogens is 3. The summed E-state index contributed by atoms with van der Waals surface area (Å²) in [6, 6.07) is 11.3. The number of nitrogens with two attached hydrogens (primary N) is 1. The lowest BCUT2D eigenvalue weighted by atomic mass is 10.1. The van der Waals surface area contributed by atoms with E-state index < -0.39 is 22.2 Å². The molecule has 2 heterocycles. The molecule has 3 rings (SSSR count). The third kappa shape index (κ3) is 6.00. The quantitative estimate of drug-likeness (QED) is 0.746. The van der Waals surface area contributed by atoms with Gasteiger partial charge < -0.3 is 10.0 Å². The highest BCUT2D eigenvalue weighted by Crippen LogP contribution is 2.32. The lowest BCUT2D eigenvalue weighted by Gasteiger charge is -2.24. The van der Waals surface area contributed by atoms with Gasteiger partial charge in [-0.1, -0.05) is 6.07 Å². The molecule has 1 aromatic carbocycles. The number of rotatable bonds is 3. The van der Waals surface area contributed by atoms with Crippen molar-refractivity contribution >= 4 is 21.9 Å². The van der Waals surface area contributed by atoms with Crippen molar-refractivity contribution in [3.63, 3.8) is 0 Å². The monoisotopic (exact) mass is 445 g/mol. The molecule has 162 valence electrons. The molecule has 8 nitrogen and oxygen atoms in total. The number of hydrogen-bond acceptors (Lipinski definition) is 5. The zero-order valence-corrected chi connectivity index (χ0v) is 16.2. The van der Waals surface area contributed by atoms with E-state index in [1.807, 2.05) is 18.2 Å². The second-order valence-electron chi connectivity index (χ2n) is 6.28. The van der Waals surface area contributed by atoms with Gasteiger partial charge in [0.05, 0.1) is 16.6 Å². The standard InChI is InChI=1S/C16H17N3O3S.C2HF3O2/c17-23(21,22)13-8-6-12(7-9-13)16(20)19-11-3-5-15(19)14-4-1-2-10-18-14;3-2(4,5)1(6)7/h1-2,4,6-10,15H,3,5,11H2,(H2,17,21,22);(H,6,7). The smallest absolute Gasteiger partial charge is 0.475 e. The highest BCUT2D eigenvalue weighted by atomic mass is 32.2. The second-order valence-corrected chi connectivity index (χ2v) is 7.84. The van der Waals surface area contributed by atoms with E-state index in [2.05, 4.69) is 4.98 Å². The van der Waals surface area contributed by atoms with Crippen LogP contribution in [0.25, 0.3) is 0 Å². The van der Waals surface area contributed by atoms with Crippen LogP contribution in [0.3, 0.4) is 0 Å². The van der Waals surface area contributed by atoms with Crippen molar-refractivity contribution in [1.82, 2.24) is 9.88 Å². The summed E-state index contributed by atoms with van der Waals surface area (Å²) >= 11 is 0. The molecule has 1 atom stereocenters. The maximum atomic E-state index is 12.7. The summed E-state index contributed by atoms with van der Waals surface area (Å²) in [5.74, 6) is -2.88. The number of amides is 1. The number of pyridine rings is 1. The number of sulfonamides is 1. The third-order valence-electron chi connectivity index (χ3n) is 4.22. The summed E-state index contributed by atoms with van der Waals surface area (Å²) < 4.78 is 54.3. The van der Waals surface area contributed by atoms with Crippen LogP contribution < -0.4 is 5.14 Å². The Morgan fingerprint density at radius 1 is 1.13 bits per heavy atom. The van der Waals surface area contributed by atoms with Crippen molar-refractivity contribution in [2.45, 2.75) is 30.0 Å². The summed E-state index contributed by atoms with van der Waals surface area (Å²) in [5.41, 5.74) is 1.32. The summed E-state index contributed by atoms with van der Waals surface area (Å²) in [7, 11) is -3.75. The number of aromatic nitrogens is 1. The van der Waals surface area contributed by atoms with Gasteiger partial charge >= 0.3 is 12.1 Å². The lowest BCUT2D eigenvalue weighted by molar-refractivity contribution is -0.192. The Labute approximate surface area is 170 Å². The van der Waals surface area contributed by atoms with E-state index in [0.29, 0.717) is 12.1 Å². The Morgan fingerprint density at radius 2 is 1.73 bits per heavy atom. The van der Waals surface area contributed by atoms with E-state index in [-0.39, 0.29) is 16.8 Å². The number of alkyl halides is 3. The molecule has 30 heavy (non-hydrogen) atoms. The molecule has 1 unspecified atom stereocenters. The maximum Gasteiger partial charge on any atom is 0.490 e. The fraction of sp³-hybridized carbons (Fsp3) is 0.278. The van der Waals surface area contributed by atoms with Crippen molar-refractivity contribution < 1.29 is 36.3 Å². The van der Waals surface area contributed by atoms with Crippen LogP contribution in [0.1, 0.15) is 34.9 Å². The minimum Gasteiger partial charge on any atom is -0.475 e. The normalized spacial score (nSPS) is 16.5. The zero-order valence-electron chi connectivity index (χ0n) is 15.4. The van der Waals surface area contributed by atoms with E-state index in [1.165, 1.54) is 24.3 Å². The SMILES string of the molecule is NS(=O)(=O)c1ccc(C(=O)N2CCCC2c2ccccn2)cc1.O=C(O)C(F)(F)F. The van der Waals surface area contributed by atoms with E-state index in [1.54, 1.807) is 11.1 Å². The topological polar surface area (TPSA) is 131 Å². The van der Waals surface area contributed by atoms with Gasteiger partial charge in [-0.2, -0.15) is 13.2 Å². The number of nitrogens with zero attached hydrogens (tertiary/aromatic N) is 2. The van der Waals surface area contributed by atoms with E-state index in [0.717, 1.165) is 18.5 Å². The molecule has 1 aliphatic rings. The molecule has 12 heteroatoms. The predicted molar refractivity (Wildman–Crippen MR) is 98.8 cm³/mol. The fourth-order valence-corrected chi connectivity index (χ4v) is 3.36. The summed E-state index contributed by atoms with van der Waals surface area (Å²) in [6.07, 6.45) is -1.57. The van der Waals surface area contributed by atoms with Crippen LogP contribution in [0.4, 0.5) is 13.2 Å². The van der Waals surface area contributed by atoms with E-state index >= 15 is 0 Å². The van der Waals surface area contributed by atoms with Gasteiger partial charge in [-0.05, 0) is 49.2 Å². The van der Waals surface area contributed by atoms with Gasteiger partial charge in [0.25, 0.3) is 5.91 Å². The van der Waals surface area contributed by atoms with Crippen LogP contribution in [-0.2, 0) is 14.8 Å². The molecule has 1 saturated heterocycles. The highest BCUT2D eigenvalue weighted by Gasteiger charge is 2.38. The first-order valence-corrected chi connectivity index (χ1v) is 10.1. The molecule has 1 amide bonds. The number of hydrogen-bond donors (Lipinski definition) is 2. The highest BCUT2D eigenvalue weighted by molar-refractivity contribution is 7.89. The molecule has 1 fully saturated rings. The molecule has 0 aliphatic carbocycles. The van der Waals surface area contributed by atoms with E-state index in [4.69, 9.17) is 15.0 Å². The van der Waals surface area contributed by atoms with Crippen LogP contribution >= 0.6 is 0 Å². The lowest BCUT2D eigenvalue weighted by Crippen LogP contribution is -2.31. The summed E-state index contributed by atoms with van der Waals surface area (Å²) in [6.45, 7) is 0.664. The Balaban J connectivity index is 0.000000396. The Hall–Kier alpha value is -2.99. The van der Waals surface area contributed by atoms with Crippen molar-refractivity contribution in [3.05, 3.63) is 59.9 Å². The van der Waals surface area contributed by atoms with Gasteiger partial charge in [0.2, 0.25) is 10.0 Å². The molecule has 0 radical (unpaired) electrons. The van der Waals surface area contributed by atoms with Crippen molar-refractivity contribution in [1.29, 1.82) is 0 Å². The molecule has 1 aromatic heterocycles.